The van der Waals surface area contributed by atoms with Gasteiger partial charge in [0.05, 0.1) is 0 Å². The van der Waals surface area contributed by atoms with Gasteiger partial charge in [-0.15, -0.1) is 0 Å². The smallest absolute Gasteiger partial charge is 0.374 e. The Morgan fingerprint density at radius 3 is 1.94 bits per heavy atom. The molecule has 0 aromatic heterocycles. The predicted molar refractivity (Wildman–Crippen MR) is 69.6 cm³/mol. The molecule has 0 aliphatic rings. The van der Waals surface area contributed by atoms with Crippen molar-refractivity contribution in [3.63, 3.8) is 0 Å². The standard InChI is InChI=1S/C12H28O3Si/c1-6-10-11-12(5)15-16(9-4,13-7-2)14-8-3/h12H,6-11H2,1-5H3. The van der Waals surface area contributed by atoms with E-state index >= 15 is 0 Å². The molecule has 98 valence electrons. The molecule has 0 aromatic rings. The molecule has 0 aliphatic carbocycles. The summed E-state index contributed by atoms with van der Waals surface area (Å²) in [6.45, 7) is 11.7. The van der Waals surface area contributed by atoms with Crippen molar-refractivity contribution in [1.82, 2.24) is 0 Å². The van der Waals surface area contributed by atoms with Crippen molar-refractivity contribution in [2.24, 2.45) is 0 Å². The van der Waals surface area contributed by atoms with Crippen molar-refractivity contribution in [1.29, 1.82) is 0 Å². The van der Waals surface area contributed by atoms with Gasteiger partial charge < -0.3 is 13.3 Å². The average Bonchev–Trinajstić information content (AvgIpc) is 2.27. The van der Waals surface area contributed by atoms with Gasteiger partial charge in [0.25, 0.3) is 0 Å². The van der Waals surface area contributed by atoms with Crippen LogP contribution in [0.2, 0.25) is 6.04 Å². The monoisotopic (exact) mass is 248 g/mol. The molecule has 0 bridgehead atoms. The highest BCUT2D eigenvalue weighted by Crippen LogP contribution is 2.19. The molecule has 0 saturated carbocycles. The lowest BCUT2D eigenvalue weighted by atomic mass is 10.2. The quantitative estimate of drug-likeness (QED) is 0.553. The summed E-state index contributed by atoms with van der Waals surface area (Å²) in [6, 6.07) is 0.852. The molecule has 1 unspecified atom stereocenters. The predicted octanol–water partition coefficient (Wildman–Crippen LogP) is 3.61. The summed E-state index contributed by atoms with van der Waals surface area (Å²) >= 11 is 0. The Labute approximate surface area is 102 Å². The van der Waals surface area contributed by atoms with Gasteiger partial charge in [-0.05, 0) is 27.2 Å². The Balaban J connectivity index is 4.26. The van der Waals surface area contributed by atoms with E-state index in [0.717, 1.165) is 12.5 Å². The van der Waals surface area contributed by atoms with E-state index in [9.17, 15) is 0 Å². The molecule has 0 fully saturated rings. The van der Waals surface area contributed by atoms with Crippen LogP contribution < -0.4 is 0 Å². The van der Waals surface area contributed by atoms with Crippen LogP contribution in [-0.2, 0) is 13.3 Å². The second kappa shape index (κ2) is 9.16. The molecule has 0 N–H and O–H groups in total. The Bertz CT molecular complexity index is 158. The van der Waals surface area contributed by atoms with Crippen molar-refractivity contribution >= 4 is 8.80 Å². The summed E-state index contributed by atoms with van der Waals surface area (Å²) in [5.41, 5.74) is 0. The van der Waals surface area contributed by atoms with Crippen LogP contribution in [0.25, 0.3) is 0 Å². The molecule has 16 heavy (non-hydrogen) atoms. The third-order valence-corrected chi connectivity index (χ3v) is 5.59. The lowest BCUT2D eigenvalue weighted by Crippen LogP contribution is -2.47. The number of rotatable bonds is 10. The lowest BCUT2D eigenvalue weighted by Gasteiger charge is -2.30. The zero-order chi connectivity index (χ0) is 12.4. The third-order valence-electron chi connectivity index (χ3n) is 2.51. The Morgan fingerprint density at radius 2 is 1.56 bits per heavy atom. The van der Waals surface area contributed by atoms with Crippen molar-refractivity contribution in [2.75, 3.05) is 13.2 Å². The van der Waals surface area contributed by atoms with Gasteiger partial charge in [0.2, 0.25) is 0 Å². The second-order valence-electron chi connectivity index (χ2n) is 3.97. The molecule has 1 atom stereocenters. The maximum atomic E-state index is 6.06. The molecule has 4 heteroatoms. The van der Waals surface area contributed by atoms with E-state index in [0.29, 0.717) is 13.2 Å². The number of hydrogen-bond acceptors (Lipinski definition) is 3. The largest absolute Gasteiger partial charge is 0.500 e. The summed E-state index contributed by atoms with van der Waals surface area (Å²) in [6.07, 6.45) is 3.74. The minimum Gasteiger partial charge on any atom is -0.374 e. The Hall–Kier alpha value is 0.0969. The Kier molecular flexibility index (Phi) is 9.22. The summed E-state index contributed by atoms with van der Waals surface area (Å²) in [5, 5.41) is 0. The van der Waals surface area contributed by atoms with Crippen LogP contribution in [0.1, 0.15) is 53.9 Å². The van der Waals surface area contributed by atoms with Crippen LogP contribution in [0.3, 0.4) is 0 Å². The summed E-state index contributed by atoms with van der Waals surface area (Å²) < 4.78 is 17.6. The van der Waals surface area contributed by atoms with E-state index in [2.05, 4.69) is 20.8 Å². The van der Waals surface area contributed by atoms with Gasteiger partial charge in [-0.1, -0.05) is 26.7 Å². The topological polar surface area (TPSA) is 27.7 Å². The van der Waals surface area contributed by atoms with Gasteiger partial charge >= 0.3 is 8.80 Å². The van der Waals surface area contributed by atoms with Crippen molar-refractivity contribution in [2.45, 2.75) is 66.0 Å². The van der Waals surface area contributed by atoms with E-state index in [1.165, 1.54) is 12.8 Å². The van der Waals surface area contributed by atoms with Crippen molar-refractivity contribution in [3.05, 3.63) is 0 Å². The highest BCUT2D eigenvalue weighted by Gasteiger charge is 2.39. The molecule has 0 aromatic carbocycles. The first-order chi connectivity index (χ1) is 7.64. The molecule has 0 amide bonds. The fourth-order valence-electron chi connectivity index (χ4n) is 1.69. The van der Waals surface area contributed by atoms with Crippen LogP contribution >= 0.6 is 0 Å². The van der Waals surface area contributed by atoms with E-state index in [1.807, 2.05) is 13.8 Å². The summed E-state index contributed by atoms with van der Waals surface area (Å²) in [5.74, 6) is 0. The molecular weight excluding hydrogens is 220 g/mol. The molecule has 3 nitrogen and oxygen atoms in total. The van der Waals surface area contributed by atoms with Gasteiger partial charge in [0, 0.05) is 25.4 Å². The fraction of sp³-hybridized carbons (Fsp3) is 1.00. The third kappa shape index (κ3) is 5.99. The second-order valence-corrected chi connectivity index (χ2v) is 6.86. The first-order valence-corrected chi connectivity index (χ1v) is 8.52. The molecule has 0 saturated heterocycles. The van der Waals surface area contributed by atoms with E-state index in [4.69, 9.17) is 13.3 Å². The zero-order valence-corrected chi connectivity index (χ0v) is 12.5. The highest BCUT2D eigenvalue weighted by molar-refractivity contribution is 6.60. The highest BCUT2D eigenvalue weighted by atomic mass is 28.4. The summed E-state index contributed by atoms with van der Waals surface area (Å²) in [7, 11) is -2.38. The van der Waals surface area contributed by atoms with Crippen molar-refractivity contribution < 1.29 is 13.3 Å². The molecule has 0 spiro atoms. The Morgan fingerprint density at radius 1 is 1.00 bits per heavy atom. The molecular formula is C12H28O3Si. The van der Waals surface area contributed by atoms with Crippen LogP contribution in [0.4, 0.5) is 0 Å². The molecule has 0 heterocycles. The van der Waals surface area contributed by atoms with Crippen molar-refractivity contribution in [3.8, 4) is 0 Å². The SMILES string of the molecule is CCCCC(C)O[Si](CC)(OCC)OCC. The molecule has 0 rings (SSSR count). The van der Waals surface area contributed by atoms with Gasteiger partial charge in [-0.3, -0.25) is 0 Å². The first-order valence-electron chi connectivity index (χ1n) is 6.59. The van der Waals surface area contributed by atoms with Crippen LogP contribution in [0, 0.1) is 0 Å². The van der Waals surface area contributed by atoms with Gasteiger partial charge in [-0.2, -0.15) is 0 Å². The number of hydrogen-bond donors (Lipinski definition) is 0. The minimum absolute atomic E-state index is 0.240. The average molecular weight is 248 g/mol. The van der Waals surface area contributed by atoms with Gasteiger partial charge in [-0.25, -0.2) is 0 Å². The van der Waals surface area contributed by atoms with E-state index in [1.54, 1.807) is 0 Å². The summed E-state index contributed by atoms with van der Waals surface area (Å²) in [4.78, 5) is 0. The first kappa shape index (κ1) is 16.1. The van der Waals surface area contributed by atoms with Crippen LogP contribution in [-0.4, -0.2) is 28.1 Å². The lowest BCUT2D eigenvalue weighted by molar-refractivity contribution is 0.0359. The zero-order valence-electron chi connectivity index (χ0n) is 11.5. The maximum absolute atomic E-state index is 6.06. The minimum atomic E-state index is -2.38. The van der Waals surface area contributed by atoms with Gasteiger partial charge in [0.1, 0.15) is 0 Å². The van der Waals surface area contributed by atoms with E-state index < -0.39 is 8.80 Å². The maximum Gasteiger partial charge on any atom is 0.500 e. The van der Waals surface area contributed by atoms with Crippen LogP contribution in [0.5, 0.6) is 0 Å². The molecule has 0 aliphatic heterocycles. The fourth-order valence-corrected chi connectivity index (χ4v) is 4.10. The normalized spacial score (nSPS) is 14.1. The van der Waals surface area contributed by atoms with Crippen LogP contribution in [0.15, 0.2) is 0 Å². The van der Waals surface area contributed by atoms with E-state index in [-0.39, 0.29) is 6.10 Å². The van der Waals surface area contributed by atoms with Gasteiger partial charge in [0.15, 0.2) is 0 Å². The molecule has 0 radical (unpaired) electrons. The number of unbranched alkanes of at least 4 members (excludes halogenated alkanes) is 1.